The van der Waals surface area contributed by atoms with Gasteiger partial charge < -0.3 is 5.73 Å². The van der Waals surface area contributed by atoms with Crippen LogP contribution in [0.1, 0.15) is 25.3 Å². The SMILES string of the molecule is CC1CCCN(S(=O)(=O)N(CCN)Cc2ccccc2)C1. The molecule has 1 fully saturated rings. The number of nitrogens with two attached hydrogens (primary N) is 1. The fourth-order valence-electron chi connectivity index (χ4n) is 2.73. The molecule has 1 aromatic carbocycles. The molecule has 2 rings (SSSR count). The molecule has 2 N–H and O–H groups in total. The van der Waals surface area contributed by atoms with Gasteiger partial charge in [-0.1, -0.05) is 37.3 Å². The topological polar surface area (TPSA) is 66.6 Å². The minimum atomic E-state index is -3.43. The number of rotatable bonds is 6. The quantitative estimate of drug-likeness (QED) is 0.864. The standard InChI is InChI=1S/C15H25N3O2S/c1-14-6-5-10-17(12-14)21(19,20)18(11-9-16)13-15-7-3-2-4-8-15/h2-4,7-8,14H,5-6,9-13,16H2,1H3. The summed E-state index contributed by atoms with van der Waals surface area (Å²) in [6.07, 6.45) is 2.03. The summed E-state index contributed by atoms with van der Waals surface area (Å²) in [4.78, 5) is 0. The summed E-state index contributed by atoms with van der Waals surface area (Å²) < 4.78 is 28.8. The van der Waals surface area contributed by atoms with Crippen molar-refractivity contribution in [2.75, 3.05) is 26.2 Å². The first-order chi connectivity index (χ1) is 10.0. The van der Waals surface area contributed by atoms with Crippen LogP contribution in [0.2, 0.25) is 0 Å². The number of benzene rings is 1. The molecule has 1 heterocycles. The highest BCUT2D eigenvalue weighted by Gasteiger charge is 2.32. The van der Waals surface area contributed by atoms with Crippen LogP contribution < -0.4 is 5.73 Å². The van der Waals surface area contributed by atoms with Crippen molar-refractivity contribution in [3.8, 4) is 0 Å². The lowest BCUT2D eigenvalue weighted by Gasteiger charge is -2.34. The number of hydrogen-bond donors (Lipinski definition) is 1. The summed E-state index contributed by atoms with van der Waals surface area (Å²) in [6, 6.07) is 9.66. The molecule has 21 heavy (non-hydrogen) atoms. The van der Waals surface area contributed by atoms with Crippen LogP contribution in [-0.4, -0.2) is 43.2 Å². The Morgan fingerprint density at radius 1 is 1.33 bits per heavy atom. The first-order valence-electron chi connectivity index (χ1n) is 7.53. The lowest BCUT2D eigenvalue weighted by Crippen LogP contribution is -2.48. The highest BCUT2D eigenvalue weighted by Crippen LogP contribution is 2.21. The molecule has 5 nitrogen and oxygen atoms in total. The van der Waals surface area contributed by atoms with E-state index in [0.717, 1.165) is 18.4 Å². The van der Waals surface area contributed by atoms with E-state index in [1.165, 1.54) is 4.31 Å². The Hall–Kier alpha value is -0.950. The van der Waals surface area contributed by atoms with Crippen LogP contribution >= 0.6 is 0 Å². The van der Waals surface area contributed by atoms with Gasteiger partial charge in [0.2, 0.25) is 0 Å². The van der Waals surface area contributed by atoms with Crippen molar-refractivity contribution in [1.82, 2.24) is 8.61 Å². The number of nitrogens with zero attached hydrogens (tertiary/aromatic N) is 2. The monoisotopic (exact) mass is 311 g/mol. The van der Waals surface area contributed by atoms with Crippen molar-refractivity contribution in [2.45, 2.75) is 26.3 Å². The molecular formula is C15H25N3O2S. The summed E-state index contributed by atoms with van der Waals surface area (Å²) in [7, 11) is -3.43. The molecule has 0 aromatic heterocycles. The molecule has 1 saturated heterocycles. The summed E-state index contributed by atoms with van der Waals surface area (Å²) in [5.41, 5.74) is 6.60. The lowest BCUT2D eigenvalue weighted by molar-refractivity contribution is 0.256. The van der Waals surface area contributed by atoms with Gasteiger partial charge in [-0.05, 0) is 24.3 Å². The molecule has 1 aliphatic heterocycles. The molecule has 1 aliphatic rings. The van der Waals surface area contributed by atoms with Gasteiger partial charge in [-0.3, -0.25) is 0 Å². The normalized spacial score (nSPS) is 20.8. The molecule has 1 atom stereocenters. The van der Waals surface area contributed by atoms with Crippen molar-refractivity contribution in [2.24, 2.45) is 11.7 Å². The van der Waals surface area contributed by atoms with Crippen molar-refractivity contribution < 1.29 is 8.42 Å². The Kier molecular flexibility index (Phi) is 5.75. The van der Waals surface area contributed by atoms with Crippen LogP contribution in [0.5, 0.6) is 0 Å². The van der Waals surface area contributed by atoms with E-state index in [2.05, 4.69) is 6.92 Å². The largest absolute Gasteiger partial charge is 0.329 e. The molecule has 0 aliphatic carbocycles. The molecule has 0 bridgehead atoms. The van der Waals surface area contributed by atoms with Crippen LogP contribution in [0, 0.1) is 5.92 Å². The molecule has 6 heteroatoms. The Bertz CT molecular complexity index is 533. The summed E-state index contributed by atoms with van der Waals surface area (Å²) in [6.45, 7) is 4.38. The molecule has 118 valence electrons. The zero-order valence-electron chi connectivity index (χ0n) is 12.6. The van der Waals surface area contributed by atoms with E-state index in [0.29, 0.717) is 38.6 Å². The van der Waals surface area contributed by atoms with Crippen LogP contribution in [0.3, 0.4) is 0 Å². The third-order valence-corrected chi connectivity index (χ3v) is 5.80. The minimum Gasteiger partial charge on any atom is -0.329 e. The van der Waals surface area contributed by atoms with Crippen LogP contribution in [0.25, 0.3) is 0 Å². The van der Waals surface area contributed by atoms with E-state index in [9.17, 15) is 8.42 Å². The van der Waals surface area contributed by atoms with Crippen LogP contribution in [-0.2, 0) is 16.8 Å². The molecule has 1 aromatic rings. The highest BCUT2D eigenvalue weighted by atomic mass is 32.2. The first kappa shape index (κ1) is 16.4. The van der Waals surface area contributed by atoms with E-state index in [4.69, 9.17) is 5.73 Å². The van der Waals surface area contributed by atoms with Gasteiger partial charge in [-0.2, -0.15) is 17.0 Å². The third kappa shape index (κ3) is 4.26. The van der Waals surface area contributed by atoms with E-state index in [1.807, 2.05) is 30.3 Å². The second-order valence-corrected chi connectivity index (χ2v) is 7.65. The van der Waals surface area contributed by atoms with E-state index < -0.39 is 10.2 Å². The fraction of sp³-hybridized carbons (Fsp3) is 0.600. The molecule has 0 radical (unpaired) electrons. The van der Waals surface area contributed by atoms with Gasteiger partial charge in [0.05, 0.1) is 0 Å². The van der Waals surface area contributed by atoms with Gasteiger partial charge in [-0.25, -0.2) is 0 Å². The molecule has 0 amide bonds. The van der Waals surface area contributed by atoms with Crippen molar-refractivity contribution in [3.05, 3.63) is 35.9 Å². The molecule has 0 saturated carbocycles. The average molecular weight is 311 g/mol. The van der Waals surface area contributed by atoms with E-state index in [-0.39, 0.29) is 0 Å². The Balaban J connectivity index is 2.15. The third-order valence-electron chi connectivity index (χ3n) is 3.85. The smallest absolute Gasteiger partial charge is 0.282 e. The molecule has 0 spiro atoms. The number of hydrogen-bond acceptors (Lipinski definition) is 3. The van der Waals surface area contributed by atoms with Gasteiger partial charge in [0, 0.05) is 32.7 Å². The highest BCUT2D eigenvalue weighted by molar-refractivity contribution is 7.86. The molecular weight excluding hydrogens is 286 g/mol. The zero-order valence-corrected chi connectivity index (χ0v) is 13.4. The predicted octanol–water partition coefficient (Wildman–Crippen LogP) is 1.42. The van der Waals surface area contributed by atoms with Crippen molar-refractivity contribution in [3.63, 3.8) is 0 Å². The van der Waals surface area contributed by atoms with Gasteiger partial charge >= 0.3 is 0 Å². The van der Waals surface area contributed by atoms with Gasteiger partial charge in [-0.15, -0.1) is 0 Å². The second kappa shape index (κ2) is 7.35. The number of piperidine rings is 1. The lowest BCUT2D eigenvalue weighted by atomic mass is 10.0. The van der Waals surface area contributed by atoms with Crippen LogP contribution in [0.4, 0.5) is 0 Å². The maximum absolute atomic E-state index is 12.8. The van der Waals surface area contributed by atoms with Crippen molar-refractivity contribution >= 4 is 10.2 Å². The minimum absolute atomic E-state index is 0.329. The Morgan fingerprint density at radius 2 is 2.05 bits per heavy atom. The fourth-order valence-corrected chi connectivity index (χ4v) is 4.50. The maximum Gasteiger partial charge on any atom is 0.282 e. The van der Waals surface area contributed by atoms with Gasteiger partial charge in [0.25, 0.3) is 10.2 Å². The molecule has 1 unspecified atom stereocenters. The average Bonchev–Trinajstić information content (AvgIpc) is 2.48. The van der Waals surface area contributed by atoms with E-state index in [1.54, 1.807) is 4.31 Å². The van der Waals surface area contributed by atoms with Gasteiger partial charge in [0.1, 0.15) is 0 Å². The van der Waals surface area contributed by atoms with Crippen molar-refractivity contribution in [1.29, 1.82) is 0 Å². The zero-order chi connectivity index (χ0) is 15.3. The maximum atomic E-state index is 12.8. The van der Waals surface area contributed by atoms with Crippen LogP contribution in [0.15, 0.2) is 30.3 Å². The summed E-state index contributed by atoms with van der Waals surface area (Å²) in [5.74, 6) is 0.421. The summed E-state index contributed by atoms with van der Waals surface area (Å²) >= 11 is 0. The second-order valence-electron chi connectivity index (χ2n) is 5.72. The first-order valence-corrected chi connectivity index (χ1v) is 8.93. The predicted molar refractivity (Wildman–Crippen MR) is 84.8 cm³/mol. The van der Waals surface area contributed by atoms with Gasteiger partial charge in [0.15, 0.2) is 0 Å². The summed E-state index contributed by atoms with van der Waals surface area (Å²) in [5, 5.41) is 0. The van der Waals surface area contributed by atoms with E-state index >= 15 is 0 Å². The Labute approximate surface area is 127 Å². The Morgan fingerprint density at radius 3 is 2.67 bits per heavy atom.